The van der Waals surface area contributed by atoms with Crippen LogP contribution >= 0.6 is 0 Å². The summed E-state index contributed by atoms with van der Waals surface area (Å²) in [5.74, 6) is 0.652. The van der Waals surface area contributed by atoms with Crippen molar-refractivity contribution in [2.24, 2.45) is 0 Å². The summed E-state index contributed by atoms with van der Waals surface area (Å²) in [5, 5.41) is 2.96. The average Bonchev–Trinajstić information content (AvgIpc) is 3.22. The van der Waals surface area contributed by atoms with E-state index < -0.39 is 0 Å². The van der Waals surface area contributed by atoms with E-state index in [9.17, 15) is 4.79 Å². The van der Waals surface area contributed by atoms with Crippen LogP contribution < -0.4 is 10.1 Å². The van der Waals surface area contributed by atoms with Gasteiger partial charge >= 0.3 is 0 Å². The van der Waals surface area contributed by atoms with Crippen LogP contribution in [0.3, 0.4) is 0 Å². The molecule has 0 bridgehead atoms. The molecule has 1 N–H and O–H groups in total. The van der Waals surface area contributed by atoms with Gasteiger partial charge in [-0.3, -0.25) is 4.79 Å². The lowest BCUT2D eigenvalue weighted by molar-refractivity contribution is 0.0856. The Morgan fingerprint density at radius 3 is 2.78 bits per heavy atom. The molecule has 144 valence electrons. The zero-order chi connectivity index (χ0) is 18.9. The molecule has 0 spiro atoms. The first-order valence-electron chi connectivity index (χ1n) is 9.53. The summed E-state index contributed by atoms with van der Waals surface area (Å²) in [6, 6.07) is 15.5. The molecule has 0 aliphatic carbocycles. The number of benzene rings is 2. The molecular weight excluding hydrogens is 342 g/mol. The highest BCUT2D eigenvalue weighted by Crippen LogP contribution is 2.22. The fraction of sp³-hybridized carbons (Fsp3) is 0.409. The van der Waals surface area contributed by atoms with E-state index in [1.165, 1.54) is 0 Å². The summed E-state index contributed by atoms with van der Waals surface area (Å²) in [4.78, 5) is 12.5. The van der Waals surface area contributed by atoms with E-state index in [1.807, 2.05) is 49.4 Å². The van der Waals surface area contributed by atoms with Crippen LogP contribution in [0.1, 0.15) is 41.3 Å². The highest BCUT2D eigenvalue weighted by Gasteiger charge is 2.17. The Balaban J connectivity index is 1.61. The molecule has 0 radical (unpaired) electrons. The fourth-order valence-corrected chi connectivity index (χ4v) is 3.10. The lowest BCUT2D eigenvalue weighted by Crippen LogP contribution is -2.31. The first kappa shape index (κ1) is 19.4. The van der Waals surface area contributed by atoms with Crippen molar-refractivity contribution in [3.8, 4) is 5.75 Å². The van der Waals surface area contributed by atoms with E-state index in [0.29, 0.717) is 31.9 Å². The van der Waals surface area contributed by atoms with Crippen LogP contribution in [0.15, 0.2) is 48.5 Å². The predicted molar refractivity (Wildman–Crippen MR) is 104 cm³/mol. The number of nitrogens with one attached hydrogen (secondary N) is 1. The third-order valence-electron chi connectivity index (χ3n) is 4.51. The van der Waals surface area contributed by atoms with Gasteiger partial charge < -0.3 is 19.5 Å². The van der Waals surface area contributed by atoms with Crippen molar-refractivity contribution in [1.82, 2.24) is 5.32 Å². The molecule has 1 aliphatic rings. The smallest absolute Gasteiger partial charge is 0.251 e. The zero-order valence-electron chi connectivity index (χ0n) is 15.8. The van der Waals surface area contributed by atoms with Gasteiger partial charge in [0.25, 0.3) is 5.91 Å². The van der Waals surface area contributed by atoms with E-state index in [0.717, 1.165) is 36.3 Å². The van der Waals surface area contributed by atoms with Gasteiger partial charge in [0, 0.05) is 24.3 Å². The van der Waals surface area contributed by atoms with Gasteiger partial charge in [0.1, 0.15) is 5.75 Å². The standard InChI is InChI=1S/C22H27NO4/c1-2-26-21-11-10-18(22(24)23-14-20-9-6-12-27-20)13-19(21)16-25-15-17-7-4-3-5-8-17/h3-5,7-8,10-11,13,20H,2,6,9,12,14-16H2,1H3,(H,23,24). The van der Waals surface area contributed by atoms with E-state index in [2.05, 4.69) is 5.32 Å². The van der Waals surface area contributed by atoms with Crippen molar-refractivity contribution in [3.63, 3.8) is 0 Å². The van der Waals surface area contributed by atoms with Crippen LogP contribution in [-0.4, -0.2) is 31.8 Å². The predicted octanol–water partition coefficient (Wildman–Crippen LogP) is 3.71. The molecule has 2 aromatic rings. The molecule has 0 saturated carbocycles. The highest BCUT2D eigenvalue weighted by atomic mass is 16.5. The largest absolute Gasteiger partial charge is 0.494 e. The van der Waals surface area contributed by atoms with Crippen LogP contribution in [0.4, 0.5) is 0 Å². The molecule has 1 aliphatic heterocycles. The van der Waals surface area contributed by atoms with E-state index >= 15 is 0 Å². The van der Waals surface area contributed by atoms with Crippen LogP contribution in [0.25, 0.3) is 0 Å². The second-order valence-electron chi connectivity index (χ2n) is 6.58. The Morgan fingerprint density at radius 1 is 1.19 bits per heavy atom. The van der Waals surface area contributed by atoms with Crippen molar-refractivity contribution < 1.29 is 19.0 Å². The minimum atomic E-state index is -0.0992. The second kappa shape index (κ2) is 10.1. The zero-order valence-corrected chi connectivity index (χ0v) is 15.8. The quantitative estimate of drug-likeness (QED) is 0.732. The summed E-state index contributed by atoms with van der Waals surface area (Å²) in [6.07, 6.45) is 2.19. The SMILES string of the molecule is CCOc1ccc(C(=O)NCC2CCCO2)cc1COCc1ccccc1. The van der Waals surface area contributed by atoms with E-state index in [-0.39, 0.29) is 12.0 Å². The molecule has 1 atom stereocenters. The summed E-state index contributed by atoms with van der Waals surface area (Å²) < 4.78 is 17.1. The highest BCUT2D eigenvalue weighted by molar-refractivity contribution is 5.94. The van der Waals surface area contributed by atoms with Gasteiger partial charge in [0.15, 0.2) is 0 Å². The lowest BCUT2D eigenvalue weighted by Gasteiger charge is -2.14. The van der Waals surface area contributed by atoms with Gasteiger partial charge in [-0.25, -0.2) is 0 Å². The van der Waals surface area contributed by atoms with E-state index in [1.54, 1.807) is 6.07 Å². The minimum absolute atomic E-state index is 0.0992. The fourth-order valence-electron chi connectivity index (χ4n) is 3.10. The monoisotopic (exact) mass is 369 g/mol. The number of hydrogen-bond donors (Lipinski definition) is 1. The molecular formula is C22H27NO4. The Morgan fingerprint density at radius 2 is 2.04 bits per heavy atom. The lowest BCUT2D eigenvalue weighted by atomic mass is 10.1. The summed E-state index contributed by atoms with van der Waals surface area (Å²) in [6.45, 7) is 4.74. The molecule has 1 amide bonds. The second-order valence-corrected chi connectivity index (χ2v) is 6.58. The number of carbonyl (C=O) groups is 1. The molecule has 5 nitrogen and oxygen atoms in total. The van der Waals surface area contributed by atoms with Crippen molar-refractivity contribution in [1.29, 1.82) is 0 Å². The Labute approximate surface area is 160 Å². The van der Waals surface area contributed by atoms with Gasteiger partial charge in [-0.05, 0) is 43.5 Å². The third kappa shape index (κ3) is 5.81. The molecule has 1 heterocycles. The third-order valence-corrected chi connectivity index (χ3v) is 4.51. The molecule has 1 unspecified atom stereocenters. The Hall–Kier alpha value is -2.37. The van der Waals surface area contributed by atoms with Crippen LogP contribution in [0, 0.1) is 0 Å². The topological polar surface area (TPSA) is 56.8 Å². The van der Waals surface area contributed by atoms with Gasteiger partial charge in [-0.1, -0.05) is 30.3 Å². The number of ether oxygens (including phenoxy) is 3. The molecule has 1 saturated heterocycles. The first-order chi connectivity index (χ1) is 13.3. The van der Waals surface area contributed by atoms with Gasteiger partial charge in [-0.2, -0.15) is 0 Å². The summed E-state index contributed by atoms with van der Waals surface area (Å²) in [7, 11) is 0. The van der Waals surface area contributed by atoms with Crippen molar-refractivity contribution >= 4 is 5.91 Å². The van der Waals surface area contributed by atoms with Crippen LogP contribution in [0.5, 0.6) is 5.75 Å². The molecule has 1 fully saturated rings. The molecule has 27 heavy (non-hydrogen) atoms. The first-order valence-corrected chi connectivity index (χ1v) is 9.53. The number of carbonyl (C=O) groups excluding carboxylic acids is 1. The summed E-state index contributed by atoms with van der Waals surface area (Å²) >= 11 is 0. The maximum absolute atomic E-state index is 12.5. The van der Waals surface area contributed by atoms with E-state index in [4.69, 9.17) is 14.2 Å². The molecule has 2 aromatic carbocycles. The Kier molecular flexibility index (Phi) is 7.25. The van der Waals surface area contributed by atoms with Crippen molar-refractivity contribution in [2.75, 3.05) is 19.8 Å². The van der Waals surface area contributed by atoms with Crippen LogP contribution in [-0.2, 0) is 22.7 Å². The van der Waals surface area contributed by atoms with Crippen LogP contribution in [0.2, 0.25) is 0 Å². The molecule has 5 heteroatoms. The minimum Gasteiger partial charge on any atom is -0.494 e. The van der Waals surface area contributed by atoms with Gasteiger partial charge in [0.2, 0.25) is 0 Å². The van der Waals surface area contributed by atoms with Crippen molar-refractivity contribution in [3.05, 3.63) is 65.2 Å². The van der Waals surface area contributed by atoms with Gasteiger partial charge in [0.05, 0.1) is 25.9 Å². The number of amides is 1. The van der Waals surface area contributed by atoms with Gasteiger partial charge in [-0.15, -0.1) is 0 Å². The van der Waals surface area contributed by atoms with Crippen molar-refractivity contribution in [2.45, 2.75) is 39.1 Å². The summed E-state index contributed by atoms with van der Waals surface area (Å²) in [5.41, 5.74) is 2.59. The molecule has 3 rings (SSSR count). The average molecular weight is 369 g/mol. The Bertz CT molecular complexity index is 726. The number of rotatable bonds is 9. The number of hydrogen-bond acceptors (Lipinski definition) is 4. The maximum atomic E-state index is 12.5. The maximum Gasteiger partial charge on any atom is 0.251 e. The molecule has 0 aromatic heterocycles. The normalized spacial score (nSPS) is 16.3.